The Morgan fingerprint density at radius 1 is 0.966 bits per heavy atom. The average molecular weight is 435 g/mol. The molecule has 1 aliphatic heterocycles. The van der Waals surface area contributed by atoms with Crippen LogP contribution in [0.25, 0.3) is 6.08 Å². The van der Waals surface area contributed by atoms with Gasteiger partial charge in [-0.25, -0.2) is 4.79 Å². The van der Waals surface area contributed by atoms with E-state index in [1.54, 1.807) is 19.1 Å². The maximum absolute atomic E-state index is 11.9. The Kier molecular flexibility index (Phi) is 6.41. The Bertz CT molecular complexity index is 998. The lowest BCUT2D eigenvalue weighted by molar-refractivity contribution is -0.123. The standard InChI is InChI=1S/C20H16Cl2N2O5/c1-2-28-16-9-11(7-13-18(25)23-20(27)24-19(13)26)8-15(22)17(16)29-10-12-5-3-4-6-14(12)21/h3-9H,2,10H2,1H3,(H2,23,24,25,26,27). The normalized spacial score (nSPS) is 13.6. The zero-order valence-corrected chi connectivity index (χ0v) is 16.8. The number of nitrogens with one attached hydrogen (secondary N) is 2. The molecular formula is C20H16Cl2N2O5. The summed E-state index contributed by atoms with van der Waals surface area (Å²) in [4.78, 5) is 35.0. The highest BCUT2D eigenvalue weighted by molar-refractivity contribution is 6.33. The minimum Gasteiger partial charge on any atom is -0.490 e. The number of benzene rings is 2. The van der Waals surface area contributed by atoms with E-state index in [9.17, 15) is 14.4 Å². The summed E-state index contributed by atoms with van der Waals surface area (Å²) in [6.45, 7) is 2.31. The molecule has 0 spiro atoms. The van der Waals surface area contributed by atoms with Crippen LogP contribution in [0, 0.1) is 0 Å². The van der Waals surface area contributed by atoms with Crippen molar-refractivity contribution in [3.05, 3.63) is 63.1 Å². The molecule has 0 atom stereocenters. The summed E-state index contributed by atoms with van der Waals surface area (Å²) >= 11 is 12.5. The second-order valence-electron chi connectivity index (χ2n) is 5.94. The number of carbonyl (C=O) groups is 3. The van der Waals surface area contributed by atoms with Crippen molar-refractivity contribution in [3.63, 3.8) is 0 Å². The fourth-order valence-electron chi connectivity index (χ4n) is 2.61. The largest absolute Gasteiger partial charge is 0.490 e. The number of urea groups is 1. The van der Waals surface area contributed by atoms with Crippen LogP contribution in [0.4, 0.5) is 4.79 Å². The zero-order valence-electron chi connectivity index (χ0n) is 15.3. The highest BCUT2D eigenvalue weighted by atomic mass is 35.5. The summed E-state index contributed by atoms with van der Waals surface area (Å²) in [5, 5.41) is 4.81. The topological polar surface area (TPSA) is 93.7 Å². The first kappa shape index (κ1) is 20.7. The third kappa shape index (κ3) is 4.88. The van der Waals surface area contributed by atoms with Gasteiger partial charge in [-0.3, -0.25) is 20.2 Å². The summed E-state index contributed by atoms with van der Waals surface area (Å²) in [5.41, 5.74) is 0.977. The molecule has 2 aromatic carbocycles. The molecule has 0 saturated carbocycles. The molecule has 1 fully saturated rings. The molecule has 3 rings (SSSR count). The molecule has 1 heterocycles. The van der Waals surface area contributed by atoms with Crippen molar-refractivity contribution < 1.29 is 23.9 Å². The van der Waals surface area contributed by atoms with Crippen molar-refractivity contribution in [1.82, 2.24) is 10.6 Å². The van der Waals surface area contributed by atoms with Crippen LogP contribution in [0.3, 0.4) is 0 Å². The van der Waals surface area contributed by atoms with Gasteiger partial charge in [0.2, 0.25) is 0 Å². The smallest absolute Gasteiger partial charge is 0.328 e. The predicted molar refractivity (Wildman–Crippen MR) is 108 cm³/mol. The number of rotatable bonds is 6. The number of carbonyl (C=O) groups excluding carboxylic acids is 3. The molecule has 150 valence electrons. The Hall–Kier alpha value is -3.03. The summed E-state index contributed by atoms with van der Waals surface area (Å²) in [6, 6.07) is 9.49. The van der Waals surface area contributed by atoms with Gasteiger partial charge in [-0.15, -0.1) is 0 Å². The average Bonchev–Trinajstić information content (AvgIpc) is 2.65. The van der Waals surface area contributed by atoms with Crippen molar-refractivity contribution in [3.8, 4) is 11.5 Å². The van der Waals surface area contributed by atoms with E-state index in [1.807, 2.05) is 28.8 Å². The fourth-order valence-corrected chi connectivity index (χ4v) is 3.08. The van der Waals surface area contributed by atoms with Gasteiger partial charge in [0.25, 0.3) is 11.8 Å². The van der Waals surface area contributed by atoms with Gasteiger partial charge in [-0.2, -0.15) is 0 Å². The van der Waals surface area contributed by atoms with Crippen LogP contribution in [0.5, 0.6) is 11.5 Å². The summed E-state index contributed by atoms with van der Waals surface area (Å²) in [7, 11) is 0. The zero-order chi connectivity index (χ0) is 21.0. The van der Waals surface area contributed by atoms with Crippen molar-refractivity contribution >= 4 is 47.1 Å². The molecular weight excluding hydrogens is 419 g/mol. The van der Waals surface area contributed by atoms with Gasteiger partial charge in [0.1, 0.15) is 12.2 Å². The van der Waals surface area contributed by atoms with Crippen LogP contribution < -0.4 is 20.1 Å². The van der Waals surface area contributed by atoms with E-state index < -0.39 is 17.8 Å². The summed E-state index contributed by atoms with van der Waals surface area (Å²) in [5.74, 6) is -0.950. The maximum Gasteiger partial charge on any atom is 0.328 e. The monoisotopic (exact) mass is 434 g/mol. The second-order valence-corrected chi connectivity index (χ2v) is 6.75. The number of barbiturate groups is 1. The first-order valence-corrected chi connectivity index (χ1v) is 9.35. The maximum atomic E-state index is 11.9. The van der Waals surface area contributed by atoms with Crippen molar-refractivity contribution in [2.75, 3.05) is 6.61 Å². The molecule has 0 unspecified atom stereocenters. The molecule has 0 aliphatic carbocycles. The first-order valence-electron chi connectivity index (χ1n) is 8.60. The first-order chi connectivity index (χ1) is 13.9. The fraction of sp³-hybridized carbons (Fsp3) is 0.150. The van der Waals surface area contributed by atoms with Gasteiger partial charge in [-0.05, 0) is 36.8 Å². The third-order valence-corrected chi connectivity index (χ3v) is 4.57. The lowest BCUT2D eigenvalue weighted by Gasteiger charge is -2.16. The molecule has 0 aromatic heterocycles. The van der Waals surface area contributed by atoms with E-state index in [4.69, 9.17) is 32.7 Å². The highest BCUT2D eigenvalue weighted by Gasteiger charge is 2.28. The van der Waals surface area contributed by atoms with Gasteiger partial charge in [0, 0.05) is 10.6 Å². The molecule has 1 aliphatic rings. The summed E-state index contributed by atoms with van der Waals surface area (Å²) < 4.78 is 11.4. The number of ether oxygens (including phenoxy) is 2. The van der Waals surface area contributed by atoms with Crippen LogP contribution in [0.2, 0.25) is 10.0 Å². The van der Waals surface area contributed by atoms with E-state index >= 15 is 0 Å². The van der Waals surface area contributed by atoms with Crippen LogP contribution >= 0.6 is 23.2 Å². The van der Waals surface area contributed by atoms with Crippen LogP contribution in [0.1, 0.15) is 18.1 Å². The van der Waals surface area contributed by atoms with E-state index in [2.05, 4.69) is 0 Å². The van der Waals surface area contributed by atoms with Gasteiger partial charge < -0.3 is 9.47 Å². The number of imide groups is 2. The van der Waals surface area contributed by atoms with Crippen molar-refractivity contribution in [2.24, 2.45) is 0 Å². The third-order valence-electron chi connectivity index (χ3n) is 3.92. The Balaban J connectivity index is 1.91. The van der Waals surface area contributed by atoms with Crippen molar-refractivity contribution in [2.45, 2.75) is 13.5 Å². The number of halogens is 2. The SMILES string of the molecule is CCOc1cc(C=C2C(=O)NC(=O)NC2=O)cc(Cl)c1OCc1ccccc1Cl. The minimum atomic E-state index is -0.867. The van der Waals surface area contributed by atoms with Crippen LogP contribution in [0.15, 0.2) is 42.0 Å². The molecule has 29 heavy (non-hydrogen) atoms. The lowest BCUT2D eigenvalue weighted by Crippen LogP contribution is -2.51. The molecule has 7 nitrogen and oxygen atoms in total. The number of hydrogen-bond donors (Lipinski definition) is 2. The highest BCUT2D eigenvalue weighted by Crippen LogP contribution is 2.38. The Labute approximate surface area is 176 Å². The van der Waals surface area contributed by atoms with Crippen LogP contribution in [-0.2, 0) is 16.2 Å². The second kappa shape index (κ2) is 8.98. The van der Waals surface area contributed by atoms with Gasteiger partial charge in [0.15, 0.2) is 11.5 Å². The van der Waals surface area contributed by atoms with Gasteiger partial charge >= 0.3 is 6.03 Å². The van der Waals surface area contributed by atoms with E-state index in [1.165, 1.54) is 12.1 Å². The van der Waals surface area contributed by atoms with Gasteiger partial charge in [0.05, 0.1) is 11.6 Å². The lowest BCUT2D eigenvalue weighted by atomic mass is 10.1. The number of amides is 4. The molecule has 1 saturated heterocycles. The number of hydrogen-bond acceptors (Lipinski definition) is 5. The molecule has 0 radical (unpaired) electrons. The molecule has 2 aromatic rings. The van der Waals surface area contributed by atoms with Crippen LogP contribution in [-0.4, -0.2) is 24.5 Å². The molecule has 0 bridgehead atoms. The quantitative estimate of drug-likeness (QED) is 0.533. The Morgan fingerprint density at radius 3 is 2.31 bits per heavy atom. The molecule has 4 amide bonds. The summed E-state index contributed by atoms with van der Waals surface area (Å²) in [6.07, 6.45) is 1.31. The van der Waals surface area contributed by atoms with Crippen molar-refractivity contribution in [1.29, 1.82) is 0 Å². The van der Waals surface area contributed by atoms with E-state index in [0.29, 0.717) is 28.7 Å². The Morgan fingerprint density at radius 2 is 1.66 bits per heavy atom. The van der Waals surface area contributed by atoms with E-state index in [0.717, 1.165) is 5.56 Å². The molecule has 2 N–H and O–H groups in total. The van der Waals surface area contributed by atoms with Gasteiger partial charge in [-0.1, -0.05) is 41.4 Å². The minimum absolute atomic E-state index is 0.173. The predicted octanol–water partition coefficient (Wildman–Crippen LogP) is 3.72. The molecule has 9 heteroatoms. The van der Waals surface area contributed by atoms with E-state index in [-0.39, 0.29) is 17.2 Å².